The zero-order valence-electron chi connectivity index (χ0n) is 7.31. The van der Waals surface area contributed by atoms with Crippen LogP contribution in [0.1, 0.15) is 0 Å². The van der Waals surface area contributed by atoms with Crippen LogP contribution in [-0.2, 0) is 0 Å². The zero-order chi connectivity index (χ0) is 9.97. The van der Waals surface area contributed by atoms with Crippen molar-refractivity contribution in [3.05, 3.63) is 41.8 Å². The van der Waals surface area contributed by atoms with Crippen LogP contribution in [0, 0.1) is 0 Å². The number of halogens is 1. The maximum absolute atomic E-state index is 5.92. The average Bonchev–Trinajstić information content (AvgIpc) is 2.20. The molecular weight excluding hydrogens is 198 g/mol. The average molecular weight is 206 g/mol. The molecule has 0 fully saturated rings. The van der Waals surface area contributed by atoms with Gasteiger partial charge in [-0.1, -0.05) is 11.6 Å². The molecule has 4 heteroatoms. The molecule has 0 radical (unpaired) electrons. The van der Waals surface area contributed by atoms with Crippen LogP contribution in [-0.4, -0.2) is 9.97 Å². The minimum Gasteiger partial charge on any atom is -0.397 e. The Labute approximate surface area is 86.6 Å². The highest BCUT2D eigenvalue weighted by molar-refractivity contribution is 6.32. The van der Waals surface area contributed by atoms with E-state index >= 15 is 0 Å². The van der Waals surface area contributed by atoms with Gasteiger partial charge in [0.25, 0.3) is 0 Å². The number of pyridine rings is 2. The molecule has 0 aliphatic carbocycles. The monoisotopic (exact) mass is 205 g/mol. The van der Waals surface area contributed by atoms with Crippen LogP contribution in [0.2, 0.25) is 5.15 Å². The summed E-state index contributed by atoms with van der Waals surface area (Å²) >= 11 is 5.92. The Balaban J connectivity index is 2.50. The van der Waals surface area contributed by atoms with Gasteiger partial charge in [0.1, 0.15) is 5.15 Å². The molecule has 70 valence electrons. The highest BCUT2D eigenvalue weighted by Crippen LogP contribution is 2.23. The smallest absolute Gasteiger partial charge is 0.138 e. The summed E-state index contributed by atoms with van der Waals surface area (Å²) < 4.78 is 0. The summed E-state index contributed by atoms with van der Waals surface area (Å²) in [5, 5.41) is 0.449. The van der Waals surface area contributed by atoms with Crippen molar-refractivity contribution >= 4 is 17.3 Å². The van der Waals surface area contributed by atoms with Crippen molar-refractivity contribution in [2.24, 2.45) is 0 Å². The van der Waals surface area contributed by atoms with Crippen molar-refractivity contribution in [2.75, 3.05) is 5.73 Å². The lowest BCUT2D eigenvalue weighted by molar-refractivity contribution is 1.28. The molecule has 2 aromatic heterocycles. The van der Waals surface area contributed by atoms with Crippen LogP contribution in [0.3, 0.4) is 0 Å². The van der Waals surface area contributed by atoms with E-state index in [0.29, 0.717) is 10.8 Å². The fraction of sp³-hybridized carbons (Fsp3) is 0. The second-order valence-corrected chi connectivity index (χ2v) is 3.18. The van der Waals surface area contributed by atoms with Gasteiger partial charge in [0.05, 0.1) is 17.6 Å². The van der Waals surface area contributed by atoms with Gasteiger partial charge in [-0.2, -0.15) is 0 Å². The third-order valence-corrected chi connectivity index (χ3v) is 2.12. The molecule has 14 heavy (non-hydrogen) atoms. The molecule has 2 heterocycles. The lowest BCUT2D eigenvalue weighted by Crippen LogP contribution is -1.89. The highest BCUT2D eigenvalue weighted by atomic mass is 35.5. The number of nitrogen functional groups attached to an aromatic ring is 1. The molecular formula is C10H8ClN3. The maximum Gasteiger partial charge on any atom is 0.138 e. The quantitative estimate of drug-likeness (QED) is 0.728. The Hall–Kier alpha value is -1.61. The first-order valence-corrected chi connectivity index (χ1v) is 4.47. The maximum atomic E-state index is 5.92. The number of nitrogens with zero attached hydrogens (tertiary/aromatic N) is 2. The topological polar surface area (TPSA) is 51.8 Å². The second kappa shape index (κ2) is 3.64. The van der Waals surface area contributed by atoms with Crippen LogP contribution in [0.15, 0.2) is 36.7 Å². The van der Waals surface area contributed by atoms with Gasteiger partial charge in [0, 0.05) is 11.8 Å². The largest absolute Gasteiger partial charge is 0.397 e. The third-order valence-electron chi connectivity index (χ3n) is 1.82. The highest BCUT2D eigenvalue weighted by Gasteiger charge is 2.03. The Morgan fingerprint density at radius 2 is 2.00 bits per heavy atom. The summed E-state index contributed by atoms with van der Waals surface area (Å²) in [4.78, 5) is 8.13. The summed E-state index contributed by atoms with van der Waals surface area (Å²) in [5.74, 6) is 0. The van der Waals surface area contributed by atoms with Gasteiger partial charge in [0.2, 0.25) is 0 Å². The fourth-order valence-electron chi connectivity index (χ4n) is 1.14. The van der Waals surface area contributed by atoms with Crippen molar-refractivity contribution in [3.8, 4) is 11.3 Å². The van der Waals surface area contributed by atoms with E-state index in [9.17, 15) is 0 Å². The minimum atomic E-state index is 0.449. The first kappa shape index (κ1) is 8.97. The number of rotatable bonds is 1. The fourth-order valence-corrected chi connectivity index (χ4v) is 1.36. The van der Waals surface area contributed by atoms with Crippen LogP contribution in [0.25, 0.3) is 11.3 Å². The first-order chi connectivity index (χ1) is 6.77. The van der Waals surface area contributed by atoms with E-state index in [4.69, 9.17) is 17.3 Å². The van der Waals surface area contributed by atoms with Crippen molar-refractivity contribution in [1.82, 2.24) is 9.97 Å². The van der Waals surface area contributed by atoms with Crippen molar-refractivity contribution in [3.63, 3.8) is 0 Å². The number of aromatic nitrogens is 2. The summed E-state index contributed by atoms with van der Waals surface area (Å²) in [6.45, 7) is 0. The van der Waals surface area contributed by atoms with Gasteiger partial charge in [-0.15, -0.1) is 0 Å². The summed E-state index contributed by atoms with van der Waals surface area (Å²) in [5.41, 5.74) is 7.75. The minimum absolute atomic E-state index is 0.449. The molecule has 0 bridgehead atoms. The van der Waals surface area contributed by atoms with E-state index in [2.05, 4.69) is 9.97 Å². The van der Waals surface area contributed by atoms with Crippen molar-refractivity contribution in [2.45, 2.75) is 0 Å². The van der Waals surface area contributed by atoms with Crippen LogP contribution in [0.5, 0.6) is 0 Å². The number of anilines is 1. The van der Waals surface area contributed by atoms with Crippen molar-refractivity contribution in [1.29, 1.82) is 0 Å². The molecule has 2 rings (SSSR count). The molecule has 0 unspecified atom stereocenters. The molecule has 0 aliphatic rings. The Morgan fingerprint density at radius 3 is 2.64 bits per heavy atom. The Morgan fingerprint density at radius 1 is 1.14 bits per heavy atom. The Bertz CT molecular complexity index is 439. The molecule has 0 spiro atoms. The molecule has 2 aromatic rings. The van der Waals surface area contributed by atoms with E-state index in [0.717, 1.165) is 11.3 Å². The predicted molar refractivity (Wildman–Crippen MR) is 56.9 cm³/mol. The lowest BCUT2D eigenvalue weighted by Gasteiger charge is -2.01. The standard InChI is InChI=1S/C10H8ClN3/c11-10-8(2-1-5-13-10)9-4-3-7(12)6-14-9/h1-6H,12H2. The second-order valence-electron chi connectivity index (χ2n) is 2.82. The van der Waals surface area contributed by atoms with Crippen molar-refractivity contribution < 1.29 is 0 Å². The van der Waals surface area contributed by atoms with Crippen LogP contribution in [0.4, 0.5) is 5.69 Å². The van der Waals surface area contributed by atoms with Gasteiger partial charge in [0.15, 0.2) is 0 Å². The molecule has 0 aliphatic heterocycles. The molecule has 2 N–H and O–H groups in total. The zero-order valence-corrected chi connectivity index (χ0v) is 8.07. The first-order valence-electron chi connectivity index (χ1n) is 4.10. The molecule has 0 amide bonds. The van der Waals surface area contributed by atoms with Crippen LogP contribution >= 0.6 is 11.6 Å². The van der Waals surface area contributed by atoms with Crippen LogP contribution < -0.4 is 5.73 Å². The molecule has 0 saturated heterocycles. The van der Waals surface area contributed by atoms with Gasteiger partial charge in [-0.05, 0) is 24.3 Å². The van der Waals surface area contributed by atoms with Gasteiger partial charge < -0.3 is 5.73 Å². The summed E-state index contributed by atoms with van der Waals surface area (Å²) in [6, 6.07) is 7.29. The number of nitrogens with two attached hydrogens (primary N) is 1. The van der Waals surface area contributed by atoms with E-state index < -0.39 is 0 Å². The van der Waals surface area contributed by atoms with E-state index in [1.165, 1.54) is 0 Å². The van der Waals surface area contributed by atoms with Gasteiger partial charge >= 0.3 is 0 Å². The normalized spacial score (nSPS) is 10.1. The molecule has 0 aromatic carbocycles. The Kier molecular flexibility index (Phi) is 2.33. The number of hydrogen-bond acceptors (Lipinski definition) is 3. The SMILES string of the molecule is Nc1ccc(-c2cccnc2Cl)nc1. The van der Waals surface area contributed by atoms with E-state index in [1.54, 1.807) is 18.5 Å². The predicted octanol–water partition coefficient (Wildman–Crippen LogP) is 2.38. The third kappa shape index (κ3) is 1.67. The molecule has 3 nitrogen and oxygen atoms in total. The summed E-state index contributed by atoms with van der Waals surface area (Å²) in [7, 11) is 0. The molecule has 0 atom stereocenters. The van der Waals surface area contributed by atoms with E-state index in [-0.39, 0.29) is 0 Å². The van der Waals surface area contributed by atoms with Gasteiger partial charge in [-0.3, -0.25) is 4.98 Å². The lowest BCUT2D eigenvalue weighted by atomic mass is 10.2. The van der Waals surface area contributed by atoms with Gasteiger partial charge in [-0.25, -0.2) is 4.98 Å². The summed E-state index contributed by atoms with van der Waals surface area (Å²) in [6.07, 6.45) is 3.24. The number of hydrogen-bond donors (Lipinski definition) is 1. The molecule has 0 saturated carbocycles. The van der Waals surface area contributed by atoms with E-state index in [1.807, 2.05) is 18.2 Å².